The molecule has 5 nitrogen and oxygen atoms in total. The van der Waals surface area contributed by atoms with E-state index in [-0.39, 0.29) is 6.10 Å². The van der Waals surface area contributed by atoms with Crippen molar-refractivity contribution in [1.82, 2.24) is 19.9 Å². The zero-order valence-electron chi connectivity index (χ0n) is 15.4. The molecule has 4 heterocycles. The molecule has 0 spiro atoms. The molecule has 0 bridgehead atoms. The van der Waals surface area contributed by atoms with Gasteiger partial charge in [-0.25, -0.2) is 4.98 Å². The molecule has 3 aromatic heterocycles. The summed E-state index contributed by atoms with van der Waals surface area (Å²) in [6.07, 6.45) is 8.03. The number of fused-ring (bicyclic) bond motifs is 3. The number of aryl methyl sites for hydroxylation is 1. The number of rotatable bonds is 3. The van der Waals surface area contributed by atoms with Gasteiger partial charge in [0.25, 0.3) is 0 Å². The van der Waals surface area contributed by atoms with Crippen LogP contribution in [-0.2, 0) is 7.05 Å². The Bertz CT molecular complexity index is 1090. The Morgan fingerprint density at radius 2 is 1.81 bits per heavy atom. The maximum atomic E-state index is 6.01. The highest BCUT2D eigenvalue weighted by molar-refractivity contribution is 6.08. The summed E-state index contributed by atoms with van der Waals surface area (Å²) in [5.74, 6) is 0.711. The molecule has 4 aromatic rings. The topological polar surface area (TPSA) is 52.0 Å². The lowest BCUT2D eigenvalue weighted by Crippen LogP contribution is -2.34. The summed E-state index contributed by atoms with van der Waals surface area (Å²) in [5.41, 5.74) is 4.65. The van der Waals surface area contributed by atoms with E-state index in [4.69, 9.17) is 4.74 Å². The van der Waals surface area contributed by atoms with Crippen LogP contribution in [-0.4, -0.2) is 33.7 Å². The van der Waals surface area contributed by atoms with Crippen LogP contribution in [0.5, 0.6) is 5.88 Å². The molecule has 27 heavy (non-hydrogen) atoms. The van der Waals surface area contributed by atoms with Crippen LogP contribution in [0, 0.1) is 0 Å². The van der Waals surface area contributed by atoms with Crippen molar-refractivity contribution in [1.29, 1.82) is 0 Å². The Morgan fingerprint density at radius 1 is 0.963 bits per heavy atom. The number of ether oxygens (including phenoxy) is 1. The van der Waals surface area contributed by atoms with Gasteiger partial charge in [0.2, 0.25) is 5.88 Å². The average Bonchev–Trinajstić information content (AvgIpc) is 3.02. The van der Waals surface area contributed by atoms with Crippen molar-refractivity contribution in [2.75, 3.05) is 13.1 Å². The predicted octanol–water partition coefficient (Wildman–Crippen LogP) is 3.92. The average molecular weight is 358 g/mol. The molecule has 0 amide bonds. The van der Waals surface area contributed by atoms with E-state index in [0.717, 1.165) is 37.1 Å². The Balaban J connectivity index is 1.46. The summed E-state index contributed by atoms with van der Waals surface area (Å²) >= 11 is 0. The fraction of sp³-hybridized carbons (Fsp3) is 0.273. The van der Waals surface area contributed by atoms with Crippen molar-refractivity contribution in [2.45, 2.75) is 18.9 Å². The van der Waals surface area contributed by atoms with Crippen LogP contribution in [0.25, 0.3) is 32.9 Å². The molecule has 5 rings (SSSR count). The first-order valence-electron chi connectivity index (χ1n) is 9.45. The summed E-state index contributed by atoms with van der Waals surface area (Å²) < 4.78 is 8.23. The molecule has 0 saturated carbocycles. The van der Waals surface area contributed by atoms with Crippen molar-refractivity contribution in [3.63, 3.8) is 0 Å². The molecule has 1 aromatic carbocycles. The van der Waals surface area contributed by atoms with Crippen LogP contribution < -0.4 is 10.1 Å². The van der Waals surface area contributed by atoms with Crippen molar-refractivity contribution >= 4 is 21.8 Å². The second-order valence-electron chi connectivity index (χ2n) is 7.14. The van der Waals surface area contributed by atoms with E-state index in [1.54, 1.807) is 0 Å². The number of nitrogens with one attached hydrogen (secondary N) is 1. The summed E-state index contributed by atoms with van der Waals surface area (Å²) in [6.45, 7) is 2.03. The number of benzene rings is 1. The van der Waals surface area contributed by atoms with Gasteiger partial charge >= 0.3 is 0 Å². The molecule has 0 unspecified atom stereocenters. The van der Waals surface area contributed by atoms with Crippen LogP contribution in [0.15, 0.2) is 55.0 Å². The normalized spacial score (nSPS) is 15.4. The Hall–Kier alpha value is -2.92. The molecule has 0 aliphatic carbocycles. The molecule has 1 aliphatic heterocycles. The van der Waals surface area contributed by atoms with Gasteiger partial charge in [-0.1, -0.05) is 12.1 Å². The third-order valence-electron chi connectivity index (χ3n) is 5.45. The highest BCUT2D eigenvalue weighted by Crippen LogP contribution is 2.31. The lowest BCUT2D eigenvalue weighted by Gasteiger charge is -2.23. The third-order valence-corrected chi connectivity index (χ3v) is 5.45. The van der Waals surface area contributed by atoms with Crippen LogP contribution in [0.3, 0.4) is 0 Å². The molecule has 1 N–H and O–H groups in total. The molecule has 1 aliphatic rings. The second kappa shape index (κ2) is 6.67. The Kier molecular flexibility index (Phi) is 4.02. The molecule has 0 radical (unpaired) electrons. The number of pyridine rings is 2. The maximum Gasteiger partial charge on any atom is 0.213 e. The first-order chi connectivity index (χ1) is 13.3. The minimum atomic E-state index is 0.269. The monoisotopic (exact) mass is 358 g/mol. The Morgan fingerprint density at radius 3 is 2.63 bits per heavy atom. The van der Waals surface area contributed by atoms with Crippen LogP contribution in [0.4, 0.5) is 0 Å². The predicted molar refractivity (Wildman–Crippen MR) is 108 cm³/mol. The summed E-state index contributed by atoms with van der Waals surface area (Å²) in [6, 6.07) is 12.7. The first-order valence-corrected chi connectivity index (χ1v) is 9.45. The number of hydrogen-bond donors (Lipinski definition) is 1. The minimum absolute atomic E-state index is 0.269. The smallest absolute Gasteiger partial charge is 0.213 e. The molecule has 5 heteroatoms. The van der Waals surface area contributed by atoms with Gasteiger partial charge in [-0.05, 0) is 49.7 Å². The minimum Gasteiger partial charge on any atom is -0.474 e. The molecular weight excluding hydrogens is 336 g/mol. The zero-order valence-corrected chi connectivity index (χ0v) is 15.4. The van der Waals surface area contributed by atoms with Gasteiger partial charge in [-0.2, -0.15) is 0 Å². The van der Waals surface area contributed by atoms with Crippen molar-refractivity contribution in [3.05, 3.63) is 55.0 Å². The lowest BCUT2D eigenvalue weighted by atomic mass is 10.1. The summed E-state index contributed by atoms with van der Waals surface area (Å²) in [7, 11) is 2.10. The third kappa shape index (κ3) is 2.94. The van der Waals surface area contributed by atoms with Gasteiger partial charge in [-0.3, -0.25) is 4.98 Å². The quantitative estimate of drug-likeness (QED) is 0.603. The lowest BCUT2D eigenvalue weighted by molar-refractivity contribution is 0.156. The van der Waals surface area contributed by atoms with E-state index in [0.29, 0.717) is 5.88 Å². The van der Waals surface area contributed by atoms with E-state index in [2.05, 4.69) is 57.2 Å². The Labute approximate surface area is 158 Å². The fourth-order valence-corrected chi connectivity index (χ4v) is 3.94. The summed E-state index contributed by atoms with van der Waals surface area (Å²) in [5, 5.41) is 5.76. The molecule has 1 saturated heterocycles. The molecule has 1 fully saturated rings. The standard InChI is InChI=1S/C22H22N4O/c1-26-20-8-11-24-14-19(20)18-4-2-15(12-21(18)26)16-3-5-22(25-13-16)27-17-6-9-23-10-7-17/h2-5,8,11-14,17,23H,6-7,9-10H2,1H3. The van der Waals surface area contributed by atoms with E-state index >= 15 is 0 Å². The van der Waals surface area contributed by atoms with Gasteiger partial charge < -0.3 is 14.6 Å². The van der Waals surface area contributed by atoms with Crippen LogP contribution in [0.1, 0.15) is 12.8 Å². The zero-order chi connectivity index (χ0) is 18.2. The molecule has 0 atom stereocenters. The van der Waals surface area contributed by atoms with Gasteiger partial charge in [0.1, 0.15) is 6.10 Å². The highest BCUT2D eigenvalue weighted by atomic mass is 16.5. The number of nitrogens with zero attached hydrogens (tertiary/aromatic N) is 3. The van der Waals surface area contributed by atoms with Gasteiger partial charge in [0.05, 0.1) is 5.52 Å². The fourth-order valence-electron chi connectivity index (χ4n) is 3.94. The van der Waals surface area contributed by atoms with E-state index in [1.165, 1.54) is 21.8 Å². The first kappa shape index (κ1) is 16.3. The van der Waals surface area contributed by atoms with Crippen molar-refractivity contribution < 1.29 is 4.74 Å². The van der Waals surface area contributed by atoms with Gasteiger partial charge in [0.15, 0.2) is 0 Å². The van der Waals surface area contributed by atoms with Crippen LogP contribution in [0.2, 0.25) is 0 Å². The highest BCUT2D eigenvalue weighted by Gasteiger charge is 2.15. The SMILES string of the molecule is Cn1c2ccncc2c2ccc(-c3ccc(OC4CCNCC4)nc3)cc21. The second-order valence-corrected chi connectivity index (χ2v) is 7.14. The van der Waals surface area contributed by atoms with Gasteiger partial charge in [0, 0.05) is 53.6 Å². The van der Waals surface area contributed by atoms with Gasteiger partial charge in [-0.15, -0.1) is 0 Å². The van der Waals surface area contributed by atoms with Crippen molar-refractivity contribution in [3.8, 4) is 17.0 Å². The molecule has 136 valence electrons. The number of aromatic nitrogens is 3. The maximum absolute atomic E-state index is 6.01. The number of hydrogen-bond acceptors (Lipinski definition) is 4. The van der Waals surface area contributed by atoms with Crippen molar-refractivity contribution in [2.24, 2.45) is 7.05 Å². The van der Waals surface area contributed by atoms with E-state index in [1.807, 2.05) is 24.7 Å². The van der Waals surface area contributed by atoms with Crippen LogP contribution >= 0.6 is 0 Å². The largest absolute Gasteiger partial charge is 0.474 e. The number of piperidine rings is 1. The summed E-state index contributed by atoms with van der Waals surface area (Å²) in [4.78, 5) is 8.81. The van der Waals surface area contributed by atoms with E-state index < -0.39 is 0 Å². The molecular formula is C22H22N4O. The van der Waals surface area contributed by atoms with E-state index in [9.17, 15) is 0 Å².